The Bertz CT molecular complexity index is 1100. The van der Waals surface area contributed by atoms with Gasteiger partial charge in [-0.3, -0.25) is 9.52 Å². The first-order valence-electron chi connectivity index (χ1n) is 10.8. The van der Waals surface area contributed by atoms with Crippen LogP contribution in [0.4, 0.5) is 5.69 Å². The fraction of sp³-hybridized carbons (Fsp3) is 0.435. The van der Waals surface area contributed by atoms with E-state index < -0.39 is 10.0 Å². The number of carbonyl (C=O) groups is 1. The predicted octanol–water partition coefficient (Wildman–Crippen LogP) is 3.87. The Morgan fingerprint density at radius 2 is 1.77 bits per heavy atom. The molecule has 0 bridgehead atoms. The molecule has 2 heterocycles. The van der Waals surface area contributed by atoms with E-state index in [0.717, 1.165) is 25.4 Å². The fourth-order valence-corrected chi connectivity index (χ4v) is 6.03. The number of benzene rings is 2. The SMILES string of the molecule is O=C(c1cccc(S(=O)(=O)Nc2ccc3c(c2)OCO3)c1)N1CCC2CCCCC2C1. The first kappa shape index (κ1) is 20.2. The zero-order valence-electron chi connectivity index (χ0n) is 17.2. The molecule has 2 aliphatic heterocycles. The number of hydrogen-bond acceptors (Lipinski definition) is 5. The minimum Gasteiger partial charge on any atom is -0.454 e. The normalized spacial score (nSPS) is 22.6. The molecule has 1 aliphatic carbocycles. The number of carbonyl (C=O) groups excluding carboxylic acids is 1. The molecule has 1 N–H and O–H groups in total. The van der Waals surface area contributed by atoms with Crippen molar-refractivity contribution in [1.29, 1.82) is 0 Å². The number of amides is 1. The monoisotopic (exact) mass is 442 g/mol. The van der Waals surface area contributed by atoms with Gasteiger partial charge in [-0.25, -0.2) is 8.42 Å². The largest absolute Gasteiger partial charge is 0.454 e. The van der Waals surface area contributed by atoms with Gasteiger partial charge in [0.05, 0.1) is 10.6 Å². The van der Waals surface area contributed by atoms with Crippen molar-refractivity contribution < 1.29 is 22.7 Å². The Morgan fingerprint density at radius 1 is 0.968 bits per heavy atom. The molecule has 1 saturated heterocycles. The van der Waals surface area contributed by atoms with E-state index in [1.165, 1.54) is 37.8 Å². The van der Waals surface area contributed by atoms with Crippen LogP contribution >= 0.6 is 0 Å². The molecule has 5 rings (SSSR count). The molecule has 2 atom stereocenters. The van der Waals surface area contributed by atoms with E-state index in [4.69, 9.17) is 9.47 Å². The van der Waals surface area contributed by atoms with E-state index in [0.29, 0.717) is 28.7 Å². The quantitative estimate of drug-likeness (QED) is 0.777. The average Bonchev–Trinajstić information content (AvgIpc) is 3.26. The van der Waals surface area contributed by atoms with Gasteiger partial charge >= 0.3 is 0 Å². The van der Waals surface area contributed by atoms with Gasteiger partial charge in [0, 0.05) is 24.7 Å². The van der Waals surface area contributed by atoms with Crippen molar-refractivity contribution in [3.63, 3.8) is 0 Å². The number of sulfonamides is 1. The molecule has 2 fully saturated rings. The third kappa shape index (κ3) is 4.08. The summed E-state index contributed by atoms with van der Waals surface area (Å²) in [5.41, 5.74) is 0.781. The van der Waals surface area contributed by atoms with Crippen LogP contribution in [0.15, 0.2) is 47.4 Å². The summed E-state index contributed by atoms with van der Waals surface area (Å²) in [6.07, 6.45) is 6.03. The molecule has 0 radical (unpaired) electrons. The van der Waals surface area contributed by atoms with Crippen LogP contribution in [0.5, 0.6) is 11.5 Å². The van der Waals surface area contributed by atoms with E-state index in [1.54, 1.807) is 30.3 Å². The number of fused-ring (bicyclic) bond motifs is 2. The molecule has 0 aromatic heterocycles. The van der Waals surface area contributed by atoms with Crippen LogP contribution in [0, 0.1) is 11.8 Å². The molecule has 8 heteroatoms. The van der Waals surface area contributed by atoms with Crippen molar-refractivity contribution in [3.05, 3.63) is 48.0 Å². The minimum absolute atomic E-state index is 0.0589. The molecule has 2 aromatic carbocycles. The maximum Gasteiger partial charge on any atom is 0.261 e. The first-order valence-corrected chi connectivity index (χ1v) is 12.3. The summed E-state index contributed by atoms with van der Waals surface area (Å²) in [4.78, 5) is 15.1. The van der Waals surface area contributed by atoms with Crippen molar-refractivity contribution in [3.8, 4) is 11.5 Å². The Kier molecular flexibility index (Phi) is 5.25. The van der Waals surface area contributed by atoms with Crippen LogP contribution in [-0.2, 0) is 10.0 Å². The molecule has 0 spiro atoms. The molecule has 3 aliphatic rings. The van der Waals surface area contributed by atoms with E-state index >= 15 is 0 Å². The highest BCUT2D eigenvalue weighted by Crippen LogP contribution is 2.37. The van der Waals surface area contributed by atoms with Gasteiger partial charge in [-0.05, 0) is 55.0 Å². The van der Waals surface area contributed by atoms with E-state index in [9.17, 15) is 13.2 Å². The number of ether oxygens (including phenoxy) is 2. The summed E-state index contributed by atoms with van der Waals surface area (Å²) < 4.78 is 39.0. The predicted molar refractivity (Wildman–Crippen MR) is 116 cm³/mol. The molecule has 1 amide bonds. The molecule has 1 saturated carbocycles. The maximum absolute atomic E-state index is 13.1. The third-order valence-electron chi connectivity index (χ3n) is 6.59. The van der Waals surface area contributed by atoms with Crippen LogP contribution in [0.2, 0.25) is 0 Å². The second-order valence-corrected chi connectivity index (χ2v) is 10.2. The van der Waals surface area contributed by atoms with E-state index in [2.05, 4.69) is 4.72 Å². The molecule has 2 aromatic rings. The fourth-order valence-electron chi connectivity index (χ4n) is 4.94. The van der Waals surface area contributed by atoms with Crippen LogP contribution in [0.3, 0.4) is 0 Å². The third-order valence-corrected chi connectivity index (χ3v) is 7.97. The molecule has 164 valence electrons. The number of hydrogen-bond donors (Lipinski definition) is 1. The van der Waals surface area contributed by atoms with Crippen molar-refractivity contribution in [1.82, 2.24) is 4.90 Å². The van der Waals surface area contributed by atoms with Gasteiger partial charge in [-0.2, -0.15) is 0 Å². The van der Waals surface area contributed by atoms with Gasteiger partial charge in [0.2, 0.25) is 6.79 Å². The molecule has 31 heavy (non-hydrogen) atoms. The van der Waals surface area contributed by atoms with Crippen molar-refractivity contribution in [2.24, 2.45) is 11.8 Å². The lowest BCUT2D eigenvalue weighted by Gasteiger charge is -2.41. The summed E-state index contributed by atoms with van der Waals surface area (Å²) in [6, 6.07) is 11.1. The summed E-state index contributed by atoms with van der Waals surface area (Å²) >= 11 is 0. The van der Waals surface area contributed by atoms with E-state index in [1.807, 2.05) is 4.90 Å². The van der Waals surface area contributed by atoms with Gasteiger partial charge in [-0.1, -0.05) is 25.3 Å². The van der Waals surface area contributed by atoms with Crippen LogP contribution in [0.1, 0.15) is 42.5 Å². The number of nitrogens with one attached hydrogen (secondary N) is 1. The maximum atomic E-state index is 13.1. The lowest BCUT2D eigenvalue weighted by atomic mass is 9.75. The Balaban J connectivity index is 1.32. The number of anilines is 1. The van der Waals surface area contributed by atoms with Gasteiger partial charge in [0.25, 0.3) is 15.9 Å². The number of likely N-dealkylation sites (tertiary alicyclic amines) is 1. The summed E-state index contributed by atoms with van der Waals surface area (Å²) in [7, 11) is -3.85. The van der Waals surface area contributed by atoms with Gasteiger partial charge in [-0.15, -0.1) is 0 Å². The molecule has 2 unspecified atom stereocenters. The van der Waals surface area contributed by atoms with Gasteiger partial charge in [0.15, 0.2) is 11.5 Å². The minimum atomic E-state index is -3.85. The smallest absolute Gasteiger partial charge is 0.261 e. The Labute approximate surface area is 182 Å². The number of rotatable bonds is 4. The molecule has 7 nitrogen and oxygen atoms in total. The number of piperidine rings is 1. The summed E-state index contributed by atoms with van der Waals surface area (Å²) in [5, 5.41) is 0. The first-order chi connectivity index (χ1) is 15.0. The zero-order chi connectivity index (χ0) is 21.4. The highest BCUT2D eigenvalue weighted by atomic mass is 32.2. The average molecular weight is 443 g/mol. The Morgan fingerprint density at radius 3 is 2.65 bits per heavy atom. The molecular weight excluding hydrogens is 416 g/mol. The number of nitrogens with zero attached hydrogens (tertiary/aromatic N) is 1. The van der Waals surface area contributed by atoms with Gasteiger partial charge < -0.3 is 14.4 Å². The molecular formula is C23H26N2O5S. The van der Waals surface area contributed by atoms with Crippen molar-refractivity contribution in [2.75, 3.05) is 24.6 Å². The van der Waals surface area contributed by atoms with Crippen LogP contribution < -0.4 is 14.2 Å². The lowest BCUT2D eigenvalue weighted by molar-refractivity contribution is 0.0520. The lowest BCUT2D eigenvalue weighted by Crippen LogP contribution is -2.44. The summed E-state index contributed by atoms with van der Waals surface area (Å²) in [6.45, 7) is 1.64. The second kappa shape index (κ2) is 8.07. The summed E-state index contributed by atoms with van der Waals surface area (Å²) in [5.74, 6) is 2.29. The standard InChI is InChI=1S/C23H26N2O5S/c26-23(25-11-10-16-4-1-2-5-18(16)14-25)17-6-3-7-20(12-17)31(27,28)24-19-8-9-21-22(13-19)30-15-29-21/h3,6-9,12-13,16,18,24H,1-2,4-5,10-11,14-15H2. The van der Waals surface area contributed by atoms with Crippen molar-refractivity contribution >= 4 is 21.6 Å². The van der Waals surface area contributed by atoms with Crippen LogP contribution in [-0.4, -0.2) is 39.1 Å². The zero-order valence-corrected chi connectivity index (χ0v) is 18.1. The topological polar surface area (TPSA) is 84.9 Å². The van der Waals surface area contributed by atoms with Crippen LogP contribution in [0.25, 0.3) is 0 Å². The highest BCUT2D eigenvalue weighted by molar-refractivity contribution is 7.92. The van der Waals surface area contributed by atoms with Crippen molar-refractivity contribution in [2.45, 2.75) is 37.0 Å². The Hall–Kier alpha value is -2.74. The van der Waals surface area contributed by atoms with Gasteiger partial charge in [0.1, 0.15) is 0 Å². The van der Waals surface area contributed by atoms with E-state index in [-0.39, 0.29) is 17.6 Å². The second-order valence-electron chi connectivity index (χ2n) is 8.55. The highest BCUT2D eigenvalue weighted by Gasteiger charge is 2.33.